The summed E-state index contributed by atoms with van der Waals surface area (Å²) in [6.45, 7) is 17.7. The highest BCUT2D eigenvalue weighted by Gasteiger charge is 2.39. The molecule has 2 amide bonds. The Balaban J connectivity index is 0.00000336. The number of hydrogen-bond acceptors (Lipinski definition) is 6. The van der Waals surface area contributed by atoms with Crippen molar-refractivity contribution in [2.75, 3.05) is 27.2 Å². The van der Waals surface area contributed by atoms with E-state index in [1.54, 1.807) is 38.8 Å². The van der Waals surface area contributed by atoms with Crippen LogP contribution >= 0.6 is 0 Å². The van der Waals surface area contributed by atoms with E-state index in [-0.39, 0.29) is 36.9 Å². The molecule has 217 valence electrons. The number of carbonyl (C=O) groups excluding carboxylic acids is 4. The van der Waals surface area contributed by atoms with Crippen molar-refractivity contribution < 1.29 is 23.9 Å². The predicted octanol–water partition coefficient (Wildman–Crippen LogP) is 3.84. The summed E-state index contributed by atoms with van der Waals surface area (Å²) in [6, 6.07) is 8.45. The van der Waals surface area contributed by atoms with Gasteiger partial charge in [0.15, 0.2) is 0 Å². The van der Waals surface area contributed by atoms with Crippen LogP contribution in [0.2, 0.25) is 0 Å². The quantitative estimate of drug-likeness (QED) is 0.176. The van der Waals surface area contributed by atoms with Crippen molar-refractivity contribution in [3.05, 3.63) is 47.5 Å². The van der Waals surface area contributed by atoms with Gasteiger partial charge in [0.2, 0.25) is 11.8 Å². The van der Waals surface area contributed by atoms with Crippen LogP contribution in [-0.4, -0.2) is 80.4 Å². The second-order valence-electron chi connectivity index (χ2n) is 11.2. The lowest BCUT2D eigenvalue weighted by molar-refractivity contribution is -0.138. The third kappa shape index (κ3) is 12.2. The van der Waals surface area contributed by atoms with Crippen LogP contribution in [0.4, 0.5) is 0 Å². The van der Waals surface area contributed by atoms with Crippen LogP contribution in [-0.2, 0) is 29.3 Å². The minimum absolute atomic E-state index is 0.0297. The number of rotatable bonds is 13. The third-order valence-electron chi connectivity index (χ3n) is 6.11. The first-order valence-corrected chi connectivity index (χ1v) is 13.6. The zero-order valence-corrected chi connectivity index (χ0v) is 25.8. The van der Waals surface area contributed by atoms with Gasteiger partial charge in [0.1, 0.15) is 0 Å². The fourth-order valence-electron chi connectivity index (χ4n) is 4.10. The molecule has 0 heterocycles. The van der Waals surface area contributed by atoms with E-state index in [1.165, 1.54) is 12.3 Å². The molecule has 0 aliphatic heterocycles. The number of carbonyl (C=O) groups is 4. The zero-order chi connectivity index (χ0) is 30.3. The Kier molecular flexibility index (Phi) is 16.3. The predicted molar refractivity (Wildman–Crippen MR) is 159 cm³/mol. The number of amides is 2. The third-order valence-corrected chi connectivity index (χ3v) is 6.11. The lowest BCUT2D eigenvalue weighted by Crippen LogP contribution is -2.57. The maximum atomic E-state index is 13.3. The van der Waals surface area contributed by atoms with Crippen molar-refractivity contribution in [3.63, 3.8) is 0 Å². The van der Waals surface area contributed by atoms with Crippen LogP contribution < -0.4 is 5.32 Å². The Morgan fingerprint density at radius 2 is 1.59 bits per heavy atom. The number of hydrogen-bond donors (Lipinski definition) is 1. The van der Waals surface area contributed by atoms with E-state index in [9.17, 15) is 19.2 Å². The first kappa shape index (κ1) is 36.1. The van der Waals surface area contributed by atoms with Gasteiger partial charge in [0, 0.05) is 18.0 Å². The van der Waals surface area contributed by atoms with E-state index in [0.29, 0.717) is 11.8 Å². The molecular weight excluding hydrogens is 493 g/mol. The standard InChI is InChI=1S/C26H39BN3O5.C4H10/c1-9-35-25(34)19(4)15-21(18(2)3)29(7)22(32)16-28-24(33)23(30(8)27-17-31)26(5,6)20-13-11-10-12-14-20;1-4(2)3/h10-15,17-18,21,23H,9,16H2,1-8H3,(H,28,33);4H,1-3H3/b19-15+;/t21-,23-;/m1./s1. The van der Waals surface area contributed by atoms with Crippen molar-refractivity contribution in [2.45, 2.75) is 79.8 Å². The molecule has 39 heavy (non-hydrogen) atoms. The SMILES string of the molecule is CC(C)C.CCOC(=O)/C(C)=C/[C@H](C(C)C)N(C)C(=O)CNC(=O)[C@@H](N(C)[B]C=O)C(C)(C)c1ccccc1. The van der Waals surface area contributed by atoms with Gasteiger partial charge in [-0.1, -0.05) is 84.9 Å². The average molecular weight is 543 g/mol. The first-order chi connectivity index (χ1) is 18.1. The molecule has 0 saturated carbocycles. The number of benzene rings is 1. The molecule has 1 radical (unpaired) electrons. The van der Waals surface area contributed by atoms with E-state index >= 15 is 0 Å². The average Bonchev–Trinajstić information content (AvgIpc) is 2.85. The summed E-state index contributed by atoms with van der Waals surface area (Å²) in [7, 11) is 4.61. The van der Waals surface area contributed by atoms with Gasteiger partial charge in [0.25, 0.3) is 7.41 Å². The lowest BCUT2D eigenvalue weighted by Gasteiger charge is -2.39. The van der Waals surface area contributed by atoms with E-state index < -0.39 is 17.4 Å². The van der Waals surface area contributed by atoms with Gasteiger partial charge in [-0.25, -0.2) is 4.79 Å². The summed E-state index contributed by atoms with van der Waals surface area (Å²) < 4.78 is 5.04. The maximum Gasteiger partial charge on any atom is 0.333 e. The molecule has 1 rings (SSSR count). The molecule has 0 spiro atoms. The molecule has 0 saturated heterocycles. The smallest absolute Gasteiger partial charge is 0.333 e. The second-order valence-corrected chi connectivity index (χ2v) is 11.2. The molecule has 0 aliphatic rings. The van der Waals surface area contributed by atoms with Crippen LogP contribution in [0.15, 0.2) is 42.0 Å². The Morgan fingerprint density at radius 3 is 2.05 bits per heavy atom. The molecule has 0 aromatic heterocycles. The Morgan fingerprint density at radius 1 is 1.05 bits per heavy atom. The van der Waals surface area contributed by atoms with Crippen molar-refractivity contribution in [1.29, 1.82) is 0 Å². The molecule has 0 unspecified atom stereocenters. The van der Waals surface area contributed by atoms with Gasteiger partial charge < -0.3 is 24.6 Å². The van der Waals surface area contributed by atoms with Crippen molar-refractivity contribution in [1.82, 2.24) is 15.0 Å². The van der Waals surface area contributed by atoms with Crippen LogP contribution in [0.5, 0.6) is 0 Å². The molecule has 0 aliphatic carbocycles. The molecule has 1 N–H and O–H groups in total. The minimum Gasteiger partial charge on any atom is -0.463 e. The molecule has 9 heteroatoms. The fraction of sp³-hybridized carbons (Fsp3) is 0.600. The summed E-state index contributed by atoms with van der Waals surface area (Å²) in [5.41, 5.74) is 0.688. The number of esters is 1. The van der Waals surface area contributed by atoms with E-state index in [1.807, 2.05) is 58.0 Å². The second kappa shape index (κ2) is 17.6. The monoisotopic (exact) mass is 542 g/mol. The van der Waals surface area contributed by atoms with Gasteiger partial charge in [-0.05, 0) is 38.3 Å². The van der Waals surface area contributed by atoms with E-state index in [4.69, 9.17) is 4.74 Å². The van der Waals surface area contributed by atoms with Crippen molar-refractivity contribution in [2.24, 2.45) is 11.8 Å². The van der Waals surface area contributed by atoms with E-state index in [0.717, 1.165) is 11.5 Å². The molecule has 1 aromatic carbocycles. The summed E-state index contributed by atoms with van der Waals surface area (Å²) in [6.07, 6.45) is 2.35. The number of likely N-dealkylation sites (N-methyl/N-ethyl adjacent to an activating group) is 2. The van der Waals surface area contributed by atoms with Gasteiger partial charge >= 0.3 is 5.97 Å². The van der Waals surface area contributed by atoms with Gasteiger partial charge in [-0.15, -0.1) is 0 Å². The highest BCUT2D eigenvalue weighted by molar-refractivity contribution is 6.64. The molecule has 0 fully saturated rings. The summed E-state index contributed by atoms with van der Waals surface area (Å²) in [5.74, 6) is -0.237. The summed E-state index contributed by atoms with van der Waals surface area (Å²) in [4.78, 5) is 52.6. The highest BCUT2D eigenvalue weighted by atomic mass is 16.5. The minimum atomic E-state index is -0.736. The van der Waals surface area contributed by atoms with Crippen LogP contribution in [0.25, 0.3) is 0 Å². The first-order valence-electron chi connectivity index (χ1n) is 13.6. The summed E-state index contributed by atoms with van der Waals surface area (Å²) in [5, 5.41) is 2.75. The molecular formula is C30H49BN3O5. The lowest BCUT2D eigenvalue weighted by atomic mass is 9.73. The highest BCUT2D eigenvalue weighted by Crippen LogP contribution is 2.30. The molecule has 1 aromatic rings. The molecule has 8 nitrogen and oxygen atoms in total. The van der Waals surface area contributed by atoms with Crippen LogP contribution in [0.3, 0.4) is 0 Å². The number of nitrogens with one attached hydrogen (secondary N) is 1. The Labute approximate surface area is 236 Å². The molecule has 0 bridgehead atoms. The van der Waals surface area contributed by atoms with Crippen LogP contribution in [0.1, 0.15) is 67.9 Å². The summed E-state index contributed by atoms with van der Waals surface area (Å²) >= 11 is 0. The van der Waals surface area contributed by atoms with Crippen LogP contribution in [0, 0.1) is 11.8 Å². The maximum absolute atomic E-state index is 13.3. The van der Waals surface area contributed by atoms with Crippen molar-refractivity contribution in [3.8, 4) is 0 Å². The van der Waals surface area contributed by atoms with Gasteiger partial charge in [-0.2, -0.15) is 0 Å². The fourth-order valence-corrected chi connectivity index (χ4v) is 4.10. The van der Waals surface area contributed by atoms with Gasteiger partial charge in [0.05, 0.1) is 31.4 Å². The largest absolute Gasteiger partial charge is 0.463 e. The molecule has 2 atom stereocenters. The zero-order valence-electron chi connectivity index (χ0n) is 25.8. The Bertz CT molecular complexity index is 944. The number of nitrogens with zero attached hydrogens (tertiary/aromatic N) is 2. The van der Waals surface area contributed by atoms with Crippen molar-refractivity contribution >= 4 is 31.4 Å². The topological polar surface area (TPSA) is 96.0 Å². The normalized spacial score (nSPS) is 13.2. The number of ether oxygens (including phenoxy) is 1. The van der Waals surface area contributed by atoms with Gasteiger partial charge in [-0.3, -0.25) is 9.59 Å². The Hall–Kier alpha value is -2.94. The van der Waals surface area contributed by atoms with E-state index in [2.05, 4.69) is 26.1 Å².